The molecule has 0 saturated heterocycles. The van der Waals surface area contributed by atoms with E-state index in [0.29, 0.717) is 6.42 Å². The normalized spacial score (nSPS) is 12.6. The molecule has 0 heterocycles. The lowest BCUT2D eigenvalue weighted by molar-refractivity contribution is -0.147. The van der Waals surface area contributed by atoms with E-state index in [-0.39, 0.29) is 18.5 Å². The fraction of sp³-hybridized carbons (Fsp3) is 0.810. The maximum atomic E-state index is 12.6. The second kappa shape index (κ2) is 37.6. The highest BCUT2D eigenvalue weighted by Gasteiger charge is 2.11. The van der Waals surface area contributed by atoms with E-state index in [1.807, 2.05) is 0 Å². The molecule has 4 nitrogen and oxygen atoms in total. The molecule has 0 spiro atoms. The minimum atomic E-state index is -0.703. The van der Waals surface area contributed by atoms with Crippen molar-refractivity contribution in [2.45, 2.75) is 219 Å². The highest BCUT2D eigenvalue weighted by molar-refractivity contribution is 5.69. The Hall–Kier alpha value is -1.84. The van der Waals surface area contributed by atoms with Crippen LogP contribution in [0.3, 0.4) is 0 Å². The van der Waals surface area contributed by atoms with Crippen molar-refractivity contribution in [1.82, 2.24) is 0 Å². The van der Waals surface area contributed by atoms with E-state index in [2.05, 4.69) is 50.3 Å². The lowest BCUT2D eigenvalue weighted by Crippen LogP contribution is -2.16. The molecule has 268 valence electrons. The summed E-state index contributed by atoms with van der Waals surface area (Å²) in [5, 5.41) is 8.77. The van der Waals surface area contributed by atoms with Gasteiger partial charge in [0.25, 0.3) is 0 Å². The Morgan fingerprint density at radius 3 is 1.43 bits per heavy atom. The van der Waals surface area contributed by atoms with E-state index < -0.39 is 5.97 Å². The van der Waals surface area contributed by atoms with Gasteiger partial charge < -0.3 is 9.84 Å². The summed E-state index contributed by atoms with van der Waals surface area (Å²) in [5.74, 6) is -0.760. The fourth-order valence-corrected chi connectivity index (χ4v) is 5.83. The number of rotatable bonds is 36. The highest BCUT2D eigenvalue weighted by atomic mass is 16.5. The molecule has 0 fully saturated rings. The molecule has 0 bridgehead atoms. The van der Waals surface area contributed by atoms with Crippen LogP contribution in [0, 0.1) is 0 Å². The summed E-state index contributed by atoms with van der Waals surface area (Å²) in [6, 6.07) is 0. The number of aliphatic carboxylic acids is 1. The van der Waals surface area contributed by atoms with Gasteiger partial charge in [0.05, 0.1) is 0 Å². The second-order valence-electron chi connectivity index (χ2n) is 13.5. The van der Waals surface area contributed by atoms with Crippen molar-refractivity contribution in [2.75, 3.05) is 0 Å². The predicted octanol–water partition coefficient (Wildman–Crippen LogP) is 13.8. The SMILES string of the molecule is CCCCCC/C=C\C/C=C\C(CCCCCCCCC(=O)O)OC(=O)CCCCCCCCC/C=C\CCCCCCCCC. The van der Waals surface area contributed by atoms with Crippen LogP contribution in [-0.4, -0.2) is 23.1 Å². The van der Waals surface area contributed by atoms with Gasteiger partial charge in [-0.2, -0.15) is 0 Å². The van der Waals surface area contributed by atoms with Crippen molar-refractivity contribution in [2.24, 2.45) is 0 Å². The molecule has 0 radical (unpaired) electrons. The van der Waals surface area contributed by atoms with Crippen molar-refractivity contribution >= 4 is 11.9 Å². The molecule has 0 aliphatic heterocycles. The molecule has 1 unspecified atom stereocenters. The summed E-state index contributed by atoms with van der Waals surface area (Å²) in [7, 11) is 0. The topological polar surface area (TPSA) is 63.6 Å². The first kappa shape index (κ1) is 44.2. The van der Waals surface area contributed by atoms with Crippen LogP contribution in [0.5, 0.6) is 0 Å². The van der Waals surface area contributed by atoms with E-state index >= 15 is 0 Å². The number of carboxylic acid groups (broad SMARTS) is 1. The summed E-state index contributed by atoms with van der Waals surface area (Å²) < 4.78 is 5.91. The third kappa shape index (κ3) is 36.6. The number of esters is 1. The summed E-state index contributed by atoms with van der Waals surface area (Å²) in [4.78, 5) is 23.3. The molecule has 1 atom stereocenters. The van der Waals surface area contributed by atoms with Crippen LogP contribution in [0.25, 0.3) is 0 Å². The molecule has 0 aromatic carbocycles. The molecule has 0 rings (SSSR count). The van der Waals surface area contributed by atoms with Crippen molar-refractivity contribution in [3.05, 3.63) is 36.5 Å². The summed E-state index contributed by atoms with van der Waals surface area (Å²) in [6.07, 6.45) is 48.9. The number of carboxylic acids is 1. The third-order valence-electron chi connectivity index (χ3n) is 8.82. The Bertz CT molecular complexity index is 738. The molecule has 1 N–H and O–H groups in total. The molecule has 46 heavy (non-hydrogen) atoms. The van der Waals surface area contributed by atoms with Gasteiger partial charge in [-0.1, -0.05) is 160 Å². The van der Waals surface area contributed by atoms with E-state index in [1.54, 1.807) is 0 Å². The maximum Gasteiger partial charge on any atom is 0.306 e. The van der Waals surface area contributed by atoms with Gasteiger partial charge in [0.1, 0.15) is 6.10 Å². The molecule has 0 saturated carbocycles. The van der Waals surface area contributed by atoms with Gasteiger partial charge in [0, 0.05) is 12.8 Å². The summed E-state index contributed by atoms with van der Waals surface area (Å²) in [5.41, 5.74) is 0. The van der Waals surface area contributed by atoms with Crippen LogP contribution < -0.4 is 0 Å². The Labute approximate surface area is 286 Å². The van der Waals surface area contributed by atoms with E-state index in [0.717, 1.165) is 70.6 Å². The minimum absolute atomic E-state index is 0.0573. The molecular formula is C42H76O4. The van der Waals surface area contributed by atoms with Crippen LogP contribution in [-0.2, 0) is 14.3 Å². The van der Waals surface area contributed by atoms with Gasteiger partial charge in [-0.05, 0) is 76.7 Å². The molecule has 0 aromatic rings. The van der Waals surface area contributed by atoms with E-state index in [4.69, 9.17) is 9.84 Å². The number of carbonyl (C=O) groups is 2. The fourth-order valence-electron chi connectivity index (χ4n) is 5.83. The molecule has 4 heteroatoms. The average Bonchev–Trinajstić information content (AvgIpc) is 3.04. The van der Waals surface area contributed by atoms with Gasteiger partial charge in [-0.25, -0.2) is 0 Å². The molecule has 0 aromatic heterocycles. The van der Waals surface area contributed by atoms with E-state index in [9.17, 15) is 9.59 Å². The summed E-state index contributed by atoms with van der Waals surface area (Å²) in [6.45, 7) is 4.52. The van der Waals surface area contributed by atoms with Gasteiger partial charge in [-0.15, -0.1) is 0 Å². The van der Waals surface area contributed by atoms with Gasteiger partial charge in [0.15, 0.2) is 0 Å². The zero-order valence-electron chi connectivity index (χ0n) is 30.6. The number of carbonyl (C=O) groups excluding carboxylic acids is 1. The van der Waals surface area contributed by atoms with Crippen LogP contribution in [0.1, 0.15) is 213 Å². The van der Waals surface area contributed by atoms with Crippen LogP contribution in [0.2, 0.25) is 0 Å². The first-order valence-corrected chi connectivity index (χ1v) is 20.0. The summed E-state index contributed by atoms with van der Waals surface area (Å²) >= 11 is 0. The lowest BCUT2D eigenvalue weighted by atomic mass is 10.1. The largest absolute Gasteiger partial charge is 0.481 e. The van der Waals surface area contributed by atoms with Crippen molar-refractivity contribution in [3.63, 3.8) is 0 Å². The highest BCUT2D eigenvalue weighted by Crippen LogP contribution is 2.16. The Kier molecular flexibility index (Phi) is 36.1. The molecule has 0 aliphatic carbocycles. The quantitative estimate of drug-likeness (QED) is 0.0419. The Morgan fingerprint density at radius 2 is 0.913 bits per heavy atom. The number of hydrogen-bond donors (Lipinski definition) is 1. The first-order chi connectivity index (χ1) is 22.6. The lowest BCUT2D eigenvalue weighted by Gasteiger charge is -2.14. The standard InChI is InChI=1S/C42H76O4/c1-3-5-7-9-11-13-14-15-16-17-18-19-20-21-23-25-31-35-39-42(45)46-40(36-32-28-24-22-12-10-8-6-4-2)37-33-29-26-27-30-34-38-41(43)44/h16-17,22,24,32,36,40H,3-15,18-21,23,25-31,33-35,37-39H2,1-2H3,(H,43,44)/b17-16-,24-22-,36-32-. The number of allylic oxidation sites excluding steroid dienone is 5. The monoisotopic (exact) mass is 645 g/mol. The van der Waals surface area contributed by atoms with Crippen LogP contribution in [0.15, 0.2) is 36.5 Å². The van der Waals surface area contributed by atoms with Gasteiger partial charge in [0.2, 0.25) is 0 Å². The number of ether oxygens (including phenoxy) is 1. The average molecular weight is 645 g/mol. The Morgan fingerprint density at radius 1 is 0.500 bits per heavy atom. The zero-order valence-corrected chi connectivity index (χ0v) is 30.6. The van der Waals surface area contributed by atoms with Crippen molar-refractivity contribution in [1.29, 1.82) is 0 Å². The Balaban J connectivity index is 4.04. The van der Waals surface area contributed by atoms with Crippen molar-refractivity contribution in [3.8, 4) is 0 Å². The first-order valence-electron chi connectivity index (χ1n) is 20.0. The molecular weight excluding hydrogens is 568 g/mol. The predicted molar refractivity (Wildman–Crippen MR) is 199 cm³/mol. The van der Waals surface area contributed by atoms with E-state index in [1.165, 1.54) is 116 Å². The second-order valence-corrected chi connectivity index (χ2v) is 13.5. The zero-order chi connectivity index (χ0) is 33.6. The third-order valence-corrected chi connectivity index (χ3v) is 8.82. The van der Waals surface area contributed by atoms with Crippen LogP contribution in [0.4, 0.5) is 0 Å². The van der Waals surface area contributed by atoms with Gasteiger partial charge >= 0.3 is 11.9 Å². The maximum absolute atomic E-state index is 12.6. The van der Waals surface area contributed by atoms with Gasteiger partial charge in [-0.3, -0.25) is 9.59 Å². The van der Waals surface area contributed by atoms with Crippen molar-refractivity contribution < 1.29 is 19.4 Å². The minimum Gasteiger partial charge on any atom is -0.481 e. The van der Waals surface area contributed by atoms with Crippen LogP contribution >= 0.6 is 0 Å². The number of unbranched alkanes of at least 4 members (excludes halogenated alkanes) is 23. The smallest absolute Gasteiger partial charge is 0.306 e. The number of hydrogen-bond acceptors (Lipinski definition) is 3. The molecule has 0 amide bonds. The molecule has 0 aliphatic rings.